The van der Waals surface area contributed by atoms with Gasteiger partial charge in [-0.15, -0.1) is 0 Å². The molecule has 1 aliphatic heterocycles. The van der Waals surface area contributed by atoms with Crippen LogP contribution in [0.2, 0.25) is 0 Å². The van der Waals surface area contributed by atoms with E-state index in [2.05, 4.69) is 5.32 Å². The third-order valence-corrected chi connectivity index (χ3v) is 2.59. The van der Waals surface area contributed by atoms with Crippen LogP contribution in [-0.4, -0.2) is 18.5 Å². The molecule has 0 fully saturated rings. The third kappa shape index (κ3) is 1.91. The topological polar surface area (TPSA) is 55.4 Å². The lowest BCUT2D eigenvalue weighted by molar-refractivity contribution is -0.151. The number of amides is 1. The van der Waals surface area contributed by atoms with E-state index in [0.29, 0.717) is 13.0 Å². The molecular formula is C12H13NO3. The maximum Gasteiger partial charge on any atom is 0.318 e. The van der Waals surface area contributed by atoms with Crippen molar-refractivity contribution >= 4 is 17.6 Å². The zero-order valence-electron chi connectivity index (χ0n) is 9.03. The van der Waals surface area contributed by atoms with Gasteiger partial charge in [-0.1, -0.05) is 18.2 Å². The highest BCUT2D eigenvalue weighted by Gasteiger charge is 2.32. The molecule has 0 unspecified atom stereocenters. The maximum absolute atomic E-state index is 11.7. The van der Waals surface area contributed by atoms with Crippen molar-refractivity contribution in [3.05, 3.63) is 29.8 Å². The minimum absolute atomic E-state index is 0.280. The monoisotopic (exact) mass is 219 g/mol. The first kappa shape index (κ1) is 10.7. The van der Waals surface area contributed by atoms with Crippen LogP contribution in [0.25, 0.3) is 0 Å². The Balaban J connectivity index is 2.21. The molecule has 0 aromatic heterocycles. The van der Waals surface area contributed by atoms with Crippen molar-refractivity contribution in [2.75, 3.05) is 11.9 Å². The molecule has 1 atom stereocenters. The average molecular weight is 219 g/mol. The van der Waals surface area contributed by atoms with Gasteiger partial charge in [0.15, 0.2) is 0 Å². The number of hydrogen-bond acceptors (Lipinski definition) is 3. The number of benzene rings is 1. The first-order chi connectivity index (χ1) is 7.72. The zero-order valence-corrected chi connectivity index (χ0v) is 9.03. The van der Waals surface area contributed by atoms with Gasteiger partial charge in [-0.2, -0.15) is 0 Å². The number of nitrogens with one attached hydrogen (secondary N) is 1. The van der Waals surface area contributed by atoms with E-state index in [-0.39, 0.29) is 5.91 Å². The van der Waals surface area contributed by atoms with Crippen LogP contribution in [0.1, 0.15) is 12.5 Å². The van der Waals surface area contributed by atoms with E-state index in [1.54, 1.807) is 6.92 Å². The summed E-state index contributed by atoms with van der Waals surface area (Å²) in [5.74, 6) is -1.44. The smallest absolute Gasteiger partial charge is 0.318 e. The van der Waals surface area contributed by atoms with E-state index in [0.717, 1.165) is 11.3 Å². The Morgan fingerprint density at radius 1 is 1.50 bits per heavy atom. The lowest BCUT2D eigenvalue weighted by Crippen LogP contribution is -2.36. The second kappa shape index (κ2) is 4.35. The minimum atomic E-state index is -0.713. The standard InChI is InChI=1S/C12H13NO3/c1-2-16-12(15)9-7-8-5-3-4-6-10(8)13-11(9)14/h3-6,9H,2,7H2,1H3,(H,13,14)/t9-/m0/s1. The molecule has 0 aliphatic carbocycles. The number of carbonyl (C=O) groups is 2. The van der Waals surface area contributed by atoms with Gasteiger partial charge >= 0.3 is 5.97 Å². The van der Waals surface area contributed by atoms with Crippen molar-refractivity contribution in [1.82, 2.24) is 0 Å². The molecule has 4 nitrogen and oxygen atoms in total. The largest absolute Gasteiger partial charge is 0.465 e. The molecule has 4 heteroatoms. The summed E-state index contributed by atoms with van der Waals surface area (Å²) in [7, 11) is 0. The third-order valence-electron chi connectivity index (χ3n) is 2.59. The van der Waals surface area contributed by atoms with Gasteiger partial charge in [0.05, 0.1) is 6.61 Å². The molecule has 0 radical (unpaired) electrons. The van der Waals surface area contributed by atoms with E-state index in [1.807, 2.05) is 24.3 Å². The van der Waals surface area contributed by atoms with Crippen LogP contribution in [-0.2, 0) is 20.7 Å². The minimum Gasteiger partial charge on any atom is -0.465 e. The predicted molar refractivity (Wildman–Crippen MR) is 58.9 cm³/mol. The summed E-state index contributed by atoms with van der Waals surface area (Å²) in [5, 5.41) is 2.71. The van der Waals surface area contributed by atoms with Gasteiger partial charge in [0, 0.05) is 5.69 Å². The van der Waals surface area contributed by atoms with Crippen molar-refractivity contribution in [2.45, 2.75) is 13.3 Å². The Bertz CT molecular complexity index is 428. The molecule has 1 N–H and O–H groups in total. The molecule has 16 heavy (non-hydrogen) atoms. The van der Waals surface area contributed by atoms with Gasteiger partial charge in [-0.25, -0.2) is 0 Å². The van der Waals surface area contributed by atoms with Crippen LogP contribution >= 0.6 is 0 Å². The summed E-state index contributed by atoms with van der Waals surface area (Å²) in [6, 6.07) is 7.47. The van der Waals surface area contributed by atoms with Gasteiger partial charge in [-0.05, 0) is 25.0 Å². The Hall–Kier alpha value is -1.84. The number of anilines is 1. The van der Waals surface area contributed by atoms with Gasteiger partial charge in [0.2, 0.25) is 5.91 Å². The van der Waals surface area contributed by atoms with E-state index in [4.69, 9.17) is 4.74 Å². The second-order valence-corrected chi connectivity index (χ2v) is 3.66. The number of rotatable bonds is 2. The molecule has 1 amide bonds. The maximum atomic E-state index is 11.7. The van der Waals surface area contributed by atoms with Crippen LogP contribution in [0.15, 0.2) is 24.3 Å². The summed E-state index contributed by atoms with van der Waals surface area (Å²) >= 11 is 0. The summed E-state index contributed by atoms with van der Waals surface area (Å²) in [6.07, 6.45) is 0.418. The molecular weight excluding hydrogens is 206 g/mol. The van der Waals surface area contributed by atoms with Gasteiger partial charge in [0.1, 0.15) is 5.92 Å². The first-order valence-corrected chi connectivity index (χ1v) is 5.27. The van der Waals surface area contributed by atoms with Crippen molar-refractivity contribution in [2.24, 2.45) is 5.92 Å². The lowest BCUT2D eigenvalue weighted by Gasteiger charge is -2.22. The number of carbonyl (C=O) groups excluding carboxylic acids is 2. The molecule has 84 valence electrons. The van der Waals surface area contributed by atoms with Crippen molar-refractivity contribution in [1.29, 1.82) is 0 Å². The number of ether oxygens (including phenoxy) is 1. The number of hydrogen-bond donors (Lipinski definition) is 1. The summed E-state index contributed by atoms with van der Waals surface area (Å²) in [4.78, 5) is 23.2. The normalized spacial score (nSPS) is 18.6. The highest BCUT2D eigenvalue weighted by Crippen LogP contribution is 2.25. The van der Waals surface area contributed by atoms with E-state index in [9.17, 15) is 9.59 Å². The number of para-hydroxylation sites is 1. The summed E-state index contributed by atoms with van der Waals surface area (Å²) in [6.45, 7) is 2.02. The molecule has 0 bridgehead atoms. The second-order valence-electron chi connectivity index (χ2n) is 3.66. The van der Waals surface area contributed by atoms with Crippen molar-refractivity contribution < 1.29 is 14.3 Å². The molecule has 1 aromatic carbocycles. The molecule has 1 aromatic rings. The molecule has 0 spiro atoms. The van der Waals surface area contributed by atoms with Crippen molar-refractivity contribution in [3.63, 3.8) is 0 Å². The van der Waals surface area contributed by atoms with Gasteiger partial charge in [-0.3, -0.25) is 9.59 Å². The number of fused-ring (bicyclic) bond motifs is 1. The quantitative estimate of drug-likeness (QED) is 0.603. The Morgan fingerprint density at radius 2 is 2.25 bits per heavy atom. The molecule has 1 aliphatic rings. The van der Waals surface area contributed by atoms with E-state index < -0.39 is 11.9 Å². The van der Waals surface area contributed by atoms with Crippen LogP contribution in [0, 0.1) is 5.92 Å². The average Bonchev–Trinajstić information content (AvgIpc) is 2.28. The van der Waals surface area contributed by atoms with Gasteiger partial charge < -0.3 is 10.1 Å². The van der Waals surface area contributed by atoms with Crippen LogP contribution in [0.5, 0.6) is 0 Å². The SMILES string of the molecule is CCOC(=O)[C@H]1Cc2ccccc2NC1=O. The number of esters is 1. The Kier molecular flexibility index (Phi) is 2.90. The van der Waals surface area contributed by atoms with E-state index in [1.165, 1.54) is 0 Å². The fourth-order valence-corrected chi connectivity index (χ4v) is 1.79. The van der Waals surface area contributed by atoms with Crippen molar-refractivity contribution in [3.8, 4) is 0 Å². The first-order valence-electron chi connectivity index (χ1n) is 5.27. The van der Waals surface area contributed by atoms with Gasteiger partial charge in [0.25, 0.3) is 0 Å². The Morgan fingerprint density at radius 3 is 3.00 bits per heavy atom. The molecule has 0 saturated carbocycles. The highest BCUT2D eigenvalue weighted by molar-refractivity contribution is 6.07. The van der Waals surface area contributed by atoms with E-state index >= 15 is 0 Å². The summed E-state index contributed by atoms with van der Waals surface area (Å²) < 4.78 is 4.87. The van der Waals surface area contributed by atoms with Crippen LogP contribution < -0.4 is 5.32 Å². The lowest BCUT2D eigenvalue weighted by atomic mass is 9.93. The van der Waals surface area contributed by atoms with Crippen LogP contribution in [0.4, 0.5) is 5.69 Å². The van der Waals surface area contributed by atoms with Crippen LogP contribution in [0.3, 0.4) is 0 Å². The molecule has 2 rings (SSSR count). The zero-order chi connectivity index (χ0) is 11.5. The molecule has 0 saturated heterocycles. The predicted octanol–water partition coefficient (Wildman–Crippen LogP) is 1.36. The highest BCUT2D eigenvalue weighted by atomic mass is 16.5. The Labute approximate surface area is 93.6 Å². The fourth-order valence-electron chi connectivity index (χ4n) is 1.79. The fraction of sp³-hybridized carbons (Fsp3) is 0.333. The summed E-state index contributed by atoms with van der Waals surface area (Å²) in [5.41, 5.74) is 1.76. The molecule has 1 heterocycles.